The Labute approximate surface area is 199 Å². The van der Waals surface area contributed by atoms with Gasteiger partial charge in [0.2, 0.25) is 0 Å². The molecule has 7 nitrogen and oxygen atoms in total. The Hall–Kier alpha value is -2.62. The van der Waals surface area contributed by atoms with Crippen LogP contribution in [-0.2, 0) is 4.79 Å². The van der Waals surface area contributed by atoms with Crippen LogP contribution in [0, 0.1) is 0 Å². The first-order valence-corrected chi connectivity index (χ1v) is 11.7. The summed E-state index contributed by atoms with van der Waals surface area (Å²) in [5.74, 6) is -0.0356. The molecule has 2 aromatic carbocycles. The Bertz CT molecular complexity index is 1110. The van der Waals surface area contributed by atoms with Crippen molar-refractivity contribution in [1.29, 1.82) is 0 Å². The third-order valence-corrected chi connectivity index (χ3v) is 6.90. The molecule has 1 amide bonds. The summed E-state index contributed by atoms with van der Waals surface area (Å²) >= 11 is 4.74. The molecule has 9 heteroatoms. The van der Waals surface area contributed by atoms with E-state index in [1.165, 1.54) is 18.9 Å². The van der Waals surface area contributed by atoms with Gasteiger partial charge in [-0.05, 0) is 70.6 Å². The van der Waals surface area contributed by atoms with E-state index in [-0.39, 0.29) is 5.91 Å². The molecule has 4 rings (SSSR count). The van der Waals surface area contributed by atoms with Crippen LogP contribution in [0.3, 0.4) is 0 Å². The summed E-state index contributed by atoms with van der Waals surface area (Å²) in [6.07, 6.45) is 1.78. The van der Waals surface area contributed by atoms with Crippen LogP contribution in [0.5, 0.6) is 11.5 Å². The fourth-order valence-electron chi connectivity index (χ4n) is 3.32. The number of methoxy groups -OCH3 is 1. The second-order valence-electron chi connectivity index (χ2n) is 7.38. The highest BCUT2D eigenvalue weighted by molar-refractivity contribution is 9.10. The molecule has 1 fully saturated rings. The molecule has 0 N–H and O–H groups in total. The molecule has 166 valence electrons. The number of rotatable bonds is 4. The number of aliphatic imine (C=N–C) groups is 1. The number of esters is 1. The first kappa shape index (κ1) is 22.6. The predicted octanol–water partition coefficient (Wildman–Crippen LogP) is 3.89. The minimum absolute atomic E-state index is 0.243. The Morgan fingerprint density at radius 1 is 1.12 bits per heavy atom. The molecule has 0 unspecified atom stereocenters. The number of hydrogen-bond donors (Lipinski definition) is 0. The summed E-state index contributed by atoms with van der Waals surface area (Å²) in [7, 11) is 3.59. The molecular formula is C23H22BrN3O4S. The fraction of sp³-hybridized carbons (Fsp3) is 0.261. The molecule has 0 bridgehead atoms. The Morgan fingerprint density at radius 2 is 1.88 bits per heavy atom. The van der Waals surface area contributed by atoms with Gasteiger partial charge in [0.05, 0.1) is 17.6 Å². The van der Waals surface area contributed by atoms with Gasteiger partial charge in [0.15, 0.2) is 16.7 Å². The lowest BCUT2D eigenvalue weighted by Gasteiger charge is -2.32. The summed E-state index contributed by atoms with van der Waals surface area (Å²) in [6, 6.07) is 12.2. The van der Waals surface area contributed by atoms with E-state index in [2.05, 4.69) is 37.8 Å². The van der Waals surface area contributed by atoms with E-state index >= 15 is 0 Å². The molecule has 2 aromatic rings. The summed E-state index contributed by atoms with van der Waals surface area (Å²) in [6.45, 7) is 3.61. The summed E-state index contributed by atoms with van der Waals surface area (Å²) < 4.78 is 11.6. The van der Waals surface area contributed by atoms with Crippen molar-refractivity contribution in [2.45, 2.75) is 0 Å². The molecule has 1 saturated heterocycles. The van der Waals surface area contributed by atoms with Gasteiger partial charge in [-0.3, -0.25) is 4.79 Å². The van der Waals surface area contributed by atoms with Crippen LogP contribution < -0.4 is 9.47 Å². The molecule has 2 aliphatic heterocycles. The third kappa shape index (κ3) is 5.06. The first-order chi connectivity index (χ1) is 15.4. The highest BCUT2D eigenvalue weighted by Crippen LogP contribution is 2.34. The van der Waals surface area contributed by atoms with Crippen LogP contribution in [0.2, 0.25) is 0 Å². The molecule has 0 radical (unpaired) electrons. The minimum atomic E-state index is -0.492. The number of nitrogens with zero attached hydrogens (tertiary/aromatic N) is 3. The van der Waals surface area contributed by atoms with Crippen molar-refractivity contribution in [3.05, 3.63) is 63.0 Å². The zero-order chi connectivity index (χ0) is 22.7. The number of benzene rings is 2. The number of carbonyl (C=O) groups is 2. The highest BCUT2D eigenvalue weighted by atomic mass is 79.9. The number of piperazine rings is 1. The summed E-state index contributed by atoms with van der Waals surface area (Å²) in [5, 5.41) is 0.750. The highest BCUT2D eigenvalue weighted by Gasteiger charge is 2.28. The molecule has 2 aliphatic rings. The largest absolute Gasteiger partial charge is 0.493 e. The predicted molar refractivity (Wildman–Crippen MR) is 129 cm³/mol. The van der Waals surface area contributed by atoms with E-state index in [9.17, 15) is 9.59 Å². The lowest BCUT2D eigenvalue weighted by Crippen LogP contribution is -2.46. The zero-order valence-corrected chi connectivity index (χ0v) is 20.1. The lowest BCUT2D eigenvalue weighted by molar-refractivity contribution is -0.113. The van der Waals surface area contributed by atoms with Gasteiger partial charge in [-0.15, -0.1) is 0 Å². The number of carbonyl (C=O) groups excluding carboxylic acids is 2. The van der Waals surface area contributed by atoms with Crippen molar-refractivity contribution in [3.8, 4) is 11.5 Å². The quantitative estimate of drug-likeness (QED) is 0.347. The monoisotopic (exact) mass is 515 g/mol. The molecule has 0 aliphatic carbocycles. The maximum Gasteiger partial charge on any atom is 0.344 e. The fourth-order valence-corrected chi connectivity index (χ4v) is 4.73. The number of amidine groups is 1. The van der Waals surface area contributed by atoms with Crippen molar-refractivity contribution in [2.24, 2.45) is 4.99 Å². The molecule has 32 heavy (non-hydrogen) atoms. The van der Waals surface area contributed by atoms with Gasteiger partial charge in [-0.1, -0.05) is 18.2 Å². The van der Waals surface area contributed by atoms with Crippen molar-refractivity contribution >= 4 is 50.8 Å². The van der Waals surface area contributed by atoms with Gasteiger partial charge in [-0.25, -0.2) is 4.79 Å². The van der Waals surface area contributed by atoms with E-state index in [0.29, 0.717) is 26.4 Å². The Morgan fingerprint density at radius 3 is 2.59 bits per heavy atom. The van der Waals surface area contributed by atoms with Crippen LogP contribution in [0.25, 0.3) is 6.08 Å². The van der Waals surface area contributed by atoms with Gasteiger partial charge in [0.25, 0.3) is 5.91 Å². The summed E-state index contributed by atoms with van der Waals surface area (Å²) in [4.78, 5) is 34.1. The topological polar surface area (TPSA) is 71.4 Å². The van der Waals surface area contributed by atoms with Crippen LogP contribution >= 0.6 is 27.7 Å². The Balaban J connectivity index is 1.48. The molecule has 0 saturated carbocycles. The first-order valence-electron chi connectivity index (χ1n) is 10.1. The number of amides is 1. The van der Waals surface area contributed by atoms with E-state index < -0.39 is 5.97 Å². The van der Waals surface area contributed by atoms with Gasteiger partial charge in [0.1, 0.15) is 0 Å². The Kier molecular flexibility index (Phi) is 6.98. The SMILES string of the molecule is COc1cc(C=C2SC(N3CCN(C)CC3)=NC2=O)ccc1OC(=O)c1ccccc1Br. The van der Waals surface area contributed by atoms with E-state index in [1.807, 2.05) is 6.07 Å². The van der Waals surface area contributed by atoms with Gasteiger partial charge in [0, 0.05) is 30.7 Å². The van der Waals surface area contributed by atoms with Gasteiger partial charge in [-0.2, -0.15) is 4.99 Å². The van der Waals surface area contributed by atoms with Crippen molar-refractivity contribution in [1.82, 2.24) is 9.80 Å². The molecule has 2 heterocycles. The van der Waals surface area contributed by atoms with Crippen molar-refractivity contribution in [2.75, 3.05) is 40.3 Å². The van der Waals surface area contributed by atoms with Crippen molar-refractivity contribution in [3.63, 3.8) is 0 Å². The molecule has 0 atom stereocenters. The minimum Gasteiger partial charge on any atom is -0.493 e. The number of thioether (sulfide) groups is 1. The van der Waals surface area contributed by atoms with E-state index in [1.54, 1.807) is 42.5 Å². The number of likely N-dealkylation sites (N-methyl/N-ethyl adjacent to an activating group) is 1. The lowest BCUT2D eigenvalue weighted by atomic mass is 10.2. The molecule has 0 aromatic heterocycles. The number of halogens is 1. The average Bonchev–Trinajstić information content (AvgIpc) is 3.15. The van der Waals surface area contributed by atoms with Crippen LogP contribution in [0.1, 0.15) is 15.9 Å². The second kappa shape index (κ2) is 9.89. The number of ether oxygens (including phenoxy) is 2. The second-order valence-corrected chi connectivity index (χ2v) is 9.24. The standard InChI is InChI=1S/C23H22BrN3O4S/c1-26-9-11-27(12-10-26)23-25-21(28)20(32-23)14-15-7-8-18(19(13-15)30-2)31-22(29)16-5-3-4-6-17(16)24/h3-8,13-14H,9-12H2,1-2H3. The van der Waals surface area contributed by atoms with E-state index in [4.69, 9.17) is 9.47 Å². The zero-order valence-electron chi connectivity index (χ0n) is 17.7. The van der Waals surface area contributed by atoms with Crippen molar-refractivity contribution < 1.29 is 19.1 Å². The molecule has 0 spiro atoms. The maximum absolute atomic E-state index is 12.5. The van der Waals surface area contributed by atoms with Crippen LogP contribution in [-0.4, -0.2) is 67.2 Å². The average molecular weight is 516 g/mol. The third-order valence-electron chi connectivity index (χ3n) is 5.16. The summed E-state index contributed by atoms with van der Waals surface area (Å²) in [5.41, 5.74) is 1.18. The van der Waals surface area contributed by atoms with Gasteiger partial charge >= 0.3 is 5.97 Å². The van der Waals surface area contributed by atoms with E-state index in [0.717, 1.165) is 36.9 Å². The van der Waals surface area contributed by atoms with Crippen LogP contribution in [0.4, 0.5) is 0 Å². The normalized spacial score (nSPS) is 18.1. The maximum atomic E-state index is 12.5. The van der Waals surface area contributed by atoms with Gasteiger partial charge < -0.3 is 19.3 Å². The smallest absolute Gasteiger partial charge is 0.344 e. The number of hydrogen-bond acceptors (Lipinski definition) is 7. The molecular weight excluding hydrogens is 494 g/mol. The van der Waals surface area contributed by atoms with Crippen LogP contribution in [0.15, 0.2) is 56.8 Å².